The van der Waals surface area contributed by atoms with E-state index >= 15 is 0 Å². The summed E-state index contributed by atoms with van der Waals surface area (Å²) >= 11 is 4.57. The smallest absolute Gasteiger partial charge is 0.344 e. The number of rotatable bonds is 8. The van der Waals surface area contributed by atoms with Crippen molar-refractivity contribution in [3.63, 3.8) is 0 Å². The zero-order valence-corrected chi connectivity index (χ0v) is 18.1. The summed E-state index contributed by atoms with van der Waals surface area (Å²) < 4.78 is 16.1. The second kappa shape index (κ2) is 10.2. The number of halogens is 1. The second-order valence-electron chi connectivity index (χ2n) is 5.66. The van der Waals surface area contributed by atoms with Crippen LogP contribution in [0.1, 0.15) is 27.7 Å². The molecule has 0 aliphatic carbocycles. The summed E-state index contributed by atoms with van der Waals surface area (Å²) in [7, 11) is 0. The van der Waals surface area contributed by atoms with E-state index in [0.717, 1.165) is 14.9 Å². The van der Waals surface area contributed by atoms with E-state index in [0.29, 0.717) is 16.3 Å². The lowest BCUT2D eigenvalue weighted by Crippen LogP contribution is -2.24. The summed E-state index contributed by atoms with van der Waals surface area (Å²) in [5.41, 5.74) is 1.07. The maximum Gasteiger partial charge on any atom is 0.344 e. The Bertz CT molecular complexity index is 862. The fraction of sp³-hybridized carbons (Fsp3) is 0.316. The van der Waals surface area contributed by atoms with Crippen LogP contribution in [0, 0.1) is 13.8 Å². The number of ether oxygens (including phenoxy) is 3. The molecule has 1 N–H and O–H groups in total. The Hall–Kier alpha value is -2.39. The molecule has 7 nitrogen and oxygen atoms in total. The van der Waals surface area contributed by atoms with Crippen molar-refractivity contribution in [2.24, 2.45) is 0 Å². The Morgan fingerprint density at radius 1 is 1.07 bits per heavy atom. The van der Waals surface area contributed by atoms with E-state index in [1.807, 2.05) is 6.92 Å². The minimum Gasteiger partial charge on any atom is -0.482 e. The summed E-state index contributed by atoms with van der Waals surface area (Å²) in [4.78, 5) is 36.9. The monoisotopic (exact) mass is 469 g/mol. The molecule has 1 amide bonds. The van der Waals surface area contributed by atoms with Crippen molar-refractivity contribution >= 4 is 50.1 Å². The number of carbonyl (C=O) groups excluding carboxylic acids is 3. The largest absolute Gasteiger partial charge is 0.482 e. The van der Waals surface area contributed by atoms with Crippen LogP contribution in [-0.2, 0) is 19.1 Å². The van der Waals surface area contributed by atoms with Crippen molar-refractivity contribution in [3.8, 4) is 5.75 Å². The molecule has 0 saturated heterocycles. The number of benzene rings is 1. The highest BCUT2D eigenvalue weighted by atomic mass is 79.9. The van der Waals surface area contributed by atoms with Crippen LogP contribution in [0.15, 0.2) is 28.7 Å². The molecule has 0 unspecified atom stereocenters. The Labute approximate surface area is 175 Å². The standard InChI is InChI=1S/C19H20BrNO6S/c1-4-25-19(24)17-11(2)12(3)28-18(17)21-15(22)9-27-16(23)10-26-14-7-5-13(20)6-8-14/h5-8H,4,9-10H2,1-3H3,(H,21,22). The van der Waals surface area contributed by atoms with Gasteiger partial charge in [0.25, 0.3) is 5.91 Å². The van der Waals surface area contributed by atoms with Gasteiger partial charge in [-0.15, -0.1) is 11.3 Å². The maximum absolute atomic E-state index is 12.1. The minimum absolute atomic E-state index is 0.233. The van der Waals surface area contributed by atoms with E-state index in [1.165, 1.54) is 11.3 Å². The van der Waals surface area contributed by atoms with Crippen LogP contribution in [0.5, 0.6) is 5.75 Å². The molecular formula is C19H20BrNO6S. The molecule has 2 rings (SSSR count). The van der Waals surface area contributed by atoms with Crippen molar-refractivity contribution in [3.05, 3.63) is 44.7 Å². The molecule has 0 aliphatic heterocycles. The van der Waals surface area contributed by atoms with Crippen LogP contribution in [0.2, 0.25) is 0 Å². The Morgan fingerprint density at radius 3 is 2.39 bits per heavy atom. The van der Waals surface area contributed by atoms with E-state index in [1.54, 1.807) is 38.1 Å². The van der Waals surface area contributed by atoms with Crippen LogP contribution in [-0.4, -0.2) is 37.7 Å². The summed E-state index contributed by atoms with van der Waals surface area (Å²) in [5, 5.41) is 2.98. The van der Waals surface area contributed by atoms with E-state index in [4.69, 9.17) is 14.2 Å². The average molecular weight is 470 g/mol. The molecule has 9 heteroatoms. The number of thiophene rings is 1. The maximum atomic E-state index is 12.1. The number of carbonyl (C=O) groups is 3. The third kappa shape index (κ3) is 6.07. The molecule has 0 aliphatic rings. The zero-order chi connectivity index (χ0) is 20.7. The molecule has 0 radical (unpaired) electrons. The van der Waals surface area contributed by atoms with Gasteiger partial charge >= 0.3 is 11.9 Å². The van der Waals surface area contributed by atoms with Crippen LogP contribution in [0.25, 0.3) is 0 Å². The zero-order valence-electron chi connectivity index (χ0n) is 15.7. The molecular weight excluding hydrogens is 450 g/mol. The van der Waals surface area contributed by atoms with Crippen molar-refractivity contribution in [2.45, 2.75) is 20.8 Å². The Balaban J connectivity index is 1.87. The van der Waals surface area contributed by atoms with Gasteiger partial charge < -0.3 is 19.5 Å². The first kappa shape index (κ1) is 21.9. The third-order valence-electron chi connectivity index (χ3n) is 3.65. The average Bonchev–Trinajstić information content (AvgIpc) is 2.93. The first-order valence-corrected chi connectivity index (χ1v) is 10.0. The molecule has 1 aromatic carbocycles. The fourth-order valence-electron chi connectivity index (χ4n) is 2.19. The minimum atomic E-state index is -0.678. The molecule has 1 heterocycles. The van der Waals surface area contributed by atoms with Gasteiger partial charge in [0.05, 0.1) is 12.2 Å². The van der Waals surface area contributed by atoms with Gasteiger partial charge in [0.1, 0.15) is 10.8 Å². The van der Waals surface area contributed by atoms with E-state index in [9.17, 15) is 14.4 Å². The molecule has 2 aromatic rings. The van der Waals surface area contributed by atoms with Crippen molar-refractivity contribution in [1.82, 2.24) is 0 Å². The summed E-state index contributed by atoms with van der Waals surface area (Å²) in [6.07, 6.45) is 0. The predicted octanol–water partition coefficient (Wildman–Crippen LogP) is 3.86. The number of anilines is 1. The summed E-state index contributed by atoms with van der Waals surface area (Å²) in [6.45, 7) is 4.77. The molecule has 0 atom stereocenters. The van der Waals surface area contributed by atoms with Crippen molar-refractivity contribution in [1.29, 1.82) is 0 Å². The number of aryl methyl sites for hydroxylation is 1. The number of nitrogens with one attached hydrogen (secondary N) is 1. The lowest BCUT2D eigenvalue weighted by molar-refractivity contribution is -0.149. The van der Waals surface area contributed by atoms with Gasteiger partial charge in [0, 0.05) is 9.35 Å². The second-order valence-corrected chi connectivity index (χ2v) is 7.80. The molecule has 0 saturated carbocycles. The molecule has 150 valence electrons. The quantitative estimate of drug-likeness (QED) is 0.590. The van der Waals surface area contributed by atoms with Crippen molar-refractivity contribution in [2.75, 3.05) is 25.1 Å². The van der Waals surface area contributed by atoms with Crippen LogP contribution in [0.4, 0.5) is 5.00 Å². The molecule has 0 fully saturated rings. The SMILES string of the molecule is CCOC(=O)c1c(NC(=O)COC(=O)COc2ccc(Br)cc2)sc(C)c1C. The van der Waals surface area contributed by atoms with E-state index < -0.39 is 24.5 Å². The molecule has 1 aromatic heterocycles. The first-order chi connectivity index (χ1) is 13.3. The lowest BCUT2D eigenvalue weighted by Gasteiger charge is -2.09. The topological polar surface area (TPSA) is 90.9 Å². The van der Waals surface area contributed by atoms with Gasteiger partial charge in [-0.25, -0.2) is 9.59 Å². The number of amides is 1. The first-order valence-electron chi connectivity index (χ1n) is 8.42. The Kier molecular flexibility index (Phi) is 8.01. The molecule has 0 bridgehead atoms. The highest BCUT2D eigenvalue weighted by molar-refractivity contribution is 9.10. The summed E-state index contributed by atoms with van der Waals surface area (Å²) in [6, 6.07) is 6.95. The van der Waals surface area contributed by atoms with Gasteiger partial charge in [-0.2, -0.15) is 0 Å². The van der Waals surface area contributed by atoms with Crippen LogP contribution in [0.3, 0.4) is 0 Å². The van der Waals surface area contributed by atoms with Crippen molar-refractivity contribution < 1.29 is 28.6 Å². The normalized spacial score (nSPS) is 10.3. The van der Waals surface area contributed by atoms with Crippen LogP contribution < -0.4 is 10.1 Å². The lowest BCUT2D eigenvalue weighted by atomic mass is 10.1. The van der Waals surface area contributed by atoms with Gasteiger partial charge in [0.15, 0.2) is 13.2 Å². The van der Waals surface area contributed by atoms with Gasteiger partial charge in [-0.1, -0.05) is 15.9 Å². The highest BCUT2D eigenvalue weighted by Gasteiger charge is 2.22. The number of hydrogen-bond acceptors (Lipinski definition) is 7. The third-order valence-corrected chi connectivity index (χ3v) is 5.30. The number of hydrogen-bond donors (Lipinski definition) is 1. The van der Waals surface area contributed by atoms with Gasteiger partial charge in [-0.05, 0) is 50.6 Å². The Morgan fingerprint density at radius 2 is 1.75 bits per heavy atom. The van der Waals surface area contributed by atoms with E-state index in [-0.39, 0.29) is 13.2 Å². The molecule has 28 heavy (non-hydrogen) atoms. The fourth-order valence-corrected chi connectivity index (χ4v) is 3.52. The summed E-state index contributed by atoms with van der Waals surface area (Å²) in [5.74, 6) is -1.22. The molecule has 0 spiro atoms. The van der Waals surface area contributed by atoms with Crippen LogP contribution >= 0.6 is 27.3 Å². The highest BCUT2D eigenvalue weighted by Crippen LogP contribution is 2.33. The predicted molar refractivity (Wildman–Crippen MR) is 109 cm³/mol. The van der Waals surface area contributed by atoms with Gasteiger partial charge in [-0.3, -0.25) is 4.79 Å². The van der Waals surface area contributed by atoms with E-state index in [2.05, 4.69) is 21.2 Å². The number of esters is 2. The van der Waals surface area contributed by atoms with Gasteiger partial charge in [0.2, 0.25) is 0 Å².